The molecule has 5 nitrogen and oxygen atoms in total. The van der Waals surface area contributed by atoms with Crippen LogP contribution in [0.15, 0.2) is 0 Å². The standard InChI is InChI=1S/C14H26N2O3S/c1-9(2)6-10(13(17)18)8-15-14(19)16-11-4-5-12(7-11)20-3/h9-12H,4-8H2,1-3H3,(H,17,18)(H2,15,16,19). The summed E-state index contributed by atoms with van der Waals surface area (Å²) in [5.41, 5.74) is 0. The highest BCUT2D eigenvalue weighted by molar-refractivity contribution is 7.99. The van der Waals surface area contributed by atoms with Crippen molar-refractivity contribution < 1.29 is 14.7 Å². The van der Waals surface area contributed by atoms with Crippen LogP contribution in [0.3, 0.4) is 0 Å². The van der Waals surface area contributed by atoms with E-state index in [2.05, 4.69) is 16.9 Å². The van der Waals surface area contributed by atoms with Crippen molar-refractivity contribution in [2.75, 3.05) is 12.8 Å². The van der Waals surface area contributed by atoms with Crippen molar-refractivity contribution in [3.05, 3.63) is 0 Å². The maximum Gasteiger partial charge on any atom is 0.315 e. The number of aliphatic carboxylic acids is 1. The Hall–Kier alpha value is -0.910. The van der Waals surface area contributed by atoms with E-state index in [0.717, 1.165) is 19.3 Å². The average Bonchev–Trinajstić information content (AvgIpc) is 2.81. The predicted molar refractivity (Wildman–Crippen MR) is 82.1 cm³/mol. The Morgan fingerprint density at radius 1 is 1.35 bits per heavy atom. The first kappa shape index (κ1) is 17.1. The number of carbonyl (C=O) groups is 2. The van der Waals surface area contributed by atoms with Crippen LogP contribution in [0.25, 0.3) is 0 Å². The molecule has 0 bridgehead atoms. The minimum atomic E-state index is -0.845. The first-order chi connectivity index (χ1) is 9.42. The lowest BCUT2D eigenvalue weighted by Gasteiger charge is -2.17. The third kappa shape index (κ3) is 6.03. The van der Waals surface area contributed by atoms with Crippen LogP contribution >= 0.6 is 11.8 Å². The Morgan fingerprint density at radius 3 is 2.55 bits per heavy atom. The van der Waals surface area contributed by atoms with Gasteiger partial charge in [-0.1, -0.05) is 13.8 Å². The van der Waals surface area contributed by atoms with Gasteiger partial charge < -0.3 is 15.7 Å². The Labute approximate surface area is 125 Å². The molecule has 0 spiro atoms. The van der Waals surface area contributed by atoms with Gasteiger partial charge >= 0.3 is 12.0 Å². The van der Waals surface area contributed by atoms with Crippen molar-refractivity contribution in [3.8, 4) is 0 Å². The molecule has 3 unspecified atom stereocenters. The maximum atomic E-state index is 11.8. The molecule has 3 N–H and O–H groups in total. The molecule has 0 radical (unpaired) electrons. The van der Waals surface area contributed by atoms with E-state index in [0.29, 0.717) is 17.6 Å². The van der Waals surface area contributed by atoms with Crippen molar-refractivity contribution in [2.24, 2.45) is 11.8 Å². The van der Waals surface area contributed by atoms with Crippen LogP contribution in [-0.4, -0.2) is 41.2 Å². The minimum Gasteiger partial charge on any atom is -0.481 e. The lowest BCUT2D eigenvalue weighted by Crippen LogP contribution is -2.44. The van der Waals surface area contributed by atoms with E-state index in [4.69, 9.17) is 5.11 Å². The van der Waals surface area contributed by atoms with E-state index in [1.165, 1.54) is 0 Å². The molecular weight excluding hydrogens is 276 g/mol. The number of amides is 2. The van der Waals surface area contributed by atoms with Gasteiger partial charge in [0, 0.05) is 17.8 Å². The van der Waals surface area contributed by atoms with Crippen molar-refractivity contribution in [3.63, 3.8) is 0 Å². The number of thioether (sulfide) groups is 1. The summed E-state index contributed by atoms with van der Waals surface area (Å²) in [6.45, 7) is 4.16. The van der Waals surface area contributed by atoms with Crippen molar-refractivity contribution in [1.29, 1.82) is 0 Å². The molecule has 0 aromatic carbocycles. The second kappa shape index (κ2) is 8.39. The summed E-state index contributed by atoms with van der Waals surface area (Å²) in [5, 5.41) is 15.4. The van der Waals surface area contributed by atoms with Crippen molar-refractivity contribution >= 4 is 23.8 Å². The molecule has 1 rings (SSSR count). The largest absolute Gasteiger partial charge is 0.481 e. The zero-order valence-electron chi connectivity index (χ0n) is 12.5. The third-order valence-electron chi connectivity index (χ3n) is 3.67. The highest BCUT2D eigenvalue weighted by Gasteiger charge is 2.25. The van der Waals surface area contributed by atoms with Gasteiger partial charge in [-0.05, 0) is 37.9 Å². The third-order valence-corrected chi connectivity index (χ3v) is 4.76. The smallest absolute Gasteiger partial charge is 0.315 e. The fourth-order valence-corrected chi connectivity index (χ4v) is 3.37. The predicted octanol–water partition coefficient (Wildman–Crippen LogP) is 2.32. The quantitative estimate of drug-likeness (QED) is 0.674. The number of carboxylic acids is 1. The zero-order chi connectivity index (χ0) is 15.1. The van der Waals surface area contributed by atoms with Gasteiger partial charge in [0.1, 0.15) is 0 Å². The first-order valence-corrected chi connectivity index (χ1v) is 8.51. The summed E-state index contributed by atoms with van der Waals surface area (Å²) in [5.74, 6) is -1.05. The van der Waals surface area contributed by atoms with E-state index in [9.17, 15) is 9.59 Å². The Bertz CT molecular complexity index is 336. The molecule has 1 saturated carbocycles. The SMILES string of the molecule is CSC1CCC(NC(=O)NCC(CC(C)C)C(=O)O)C1. The highest BCUT2D eigenvalue weighted by Crippen LogP contribution is 2.27. The van der Waals surface area contributed by atoms with E-state index < -0.39 is 11.9 Å². The summed E-state index contributed by atoms with van der Waals surface area (Å²) in [4.78, 5) is 22.9. The number of rotatable bonds is 7. The van der Waals surface area contributed by atoms with Gasteiger partial charge in [0.15, 0.2) is 0 Å². The maximum absolute atomic E-state index is 11.8. The fourth-order valence-electron chi connectivity index (χ4n) is 2.58. The molecule has 6 heteroatoms. The molecule has 1 aliphatic rings. The van der Waals surface area contributed by atoms with Gasteiger partial charge in [-0.2, -0.15) is 11.8 Å². The molecule has 0 aromatic heterocycles. The molecule has 20 heavy (non-hydrogen) atoms. The van der Waals surface area contributed by atoms with Crippen LogP contribution in [-0.2, 0) is 4.79 Å². The van der Waals surface area contributed by atoms with Gasteiger partial charge in [-0.3, -0.25) is 4.79 Å². The van der Waals surface area contributed by atoms with Crippen LogP contribution in [0, 0.1) is 11.8 Å². The summed E-state index contributed by atoms with van der Waals surface area (Å²) in [7, 11) is 0. The van der Waals surface area contributed by atoms with Crippen LogP contribution in [0.1, 0.15) is 39.5 Å². The van der Waals surface area contributed by atoms with Crippen LogP contribution < -0.4 is 10.6 Å². The molecule has 0 aliphatic heterocycles. The summed E-state index contributed by atoms with van der Waals surface area (Å²) < 4.78 is 0. The molecule has 1 fully saturated rings. The van der Waals surface area contributed by atoms with Crippen LogP contribution in [0.4, 0.5) is 4.79 Å². The first-order valence-electron chi connectivity index (χ1n) is 7.22. The lowest BCUT2D eigenvalue weighted by molar-refractivity contribution is -0.142. The number of carboxylic acid groups (broad SMARTS) is 1. The van der Waals surface area contributed by atoms with Gasteiger partial charge in [0.05, 0.1) is 5.92 Å². The molecular formula is C14H26N2O3S. The Morgan fingerprint density at radius 2 is 2.05 bits per heavy atom. The van der Waals surface area contributed by atoms with E-state index >= 15 is 0 Å². The van der Waals surface area contributed by atoms with Crippen LogP contribution in [0.2, 0.25) is 0 Å². The summed E-state index contributed by atoms with van der Waals surface area (Å²) in [6, 6.07) is -0.0208. The van der Waals surface area contributed by atoms with Crippen LogP contribution in [0.5, 0.6) is 0 Å². The van der Waals surface area contributed by atoms with Crippen molar-refractivity contribution in [2.45, 2.75) is 50.8 Å². The number of hydrogen-bond donors (Lipinski definition) is 3. The Balaban J connectivity index is 2.29. The fraction of sp³-hybridized carbons (Fsp3) is 0.857. The highest BCUT2D eigenvalue weighted by atomic mass is 32.2. The number of urea groups is 1. The molecule has 2 amide bonds. The molecule has 1 aliphatic carbocycles. The topological polar surface area (TPSA) is 78.4 Å². The molecule has 0 heterocycles. The normalized spacial score (nSPS) is 23.6. The molecule has 116 valence electrons. The average molecular weight is 302 g/mol. The number of carbonyl (C=O) groups excluding carboxylic acids is 1. The second-order valence-electron chi connectivity index (χ2n) is 5.89. The second-order valence-corrected chi connectivity index (χ2v) is 7.02. The number of hydrogen-bond acceptors (Lipinski definition) is 3. The van der Waals surface area contributed by atoms with E-state index in [1.54, 1.807) is 0 Å². The van der Waals surface area contributed by atoms with Gasteiger partial charge in [0.25, 0.3) is 0 Å². The van der Waals surface area contributed by atoms with E-state index in [-0.39, 0.29) is 18.6 Å². The van der Waals surface area contributed by atoms with E-state index in [1.807, 2.05) is 25.6 Å². The lowest BCUT2D eigenvalue weighted by atomic mass is 9.97. The Kier molecular flexibility index (Phi) is 7.19. The molecule has 3 atom stereocenters. The summed E-state index contributed by atoms with van der Waals surface area (Å²) in [6.07, 6.45) is 5.82. The monoisotopic (exact) mass is 302 g/mol. The minimum absolute atomic E-state index is 0.192. The molecule has 0 aromatic rings. The van der Waals surface area contributed by atoms with Gasteiger partial charge in [0.2, 0.25) is 0 Å². The number of nitrogens with one attached hydrogen (secondary N) is 2. The van der Waals surface area contributed by atoms with Gasteiger partial charge in [-0.15, -0.1) is 0 Å². The molecule has 0 saturated heterocycles. The van der Waals surface area contributed by atoms with Crippen molar-refractivity contribution in [1.82, 2.24) is 10.6 Å². The summed E-state index contributed by atoms with van der Waals surface area (Å²) >= 11 is 1.84. The van der Waals surface area contributed by atoms with Gasteiger partial charge in [-0.25, -0.2) is 4.79 Å². The zero-order valence-corrected chi connectivity index (χ0v) is 13.3.